The Bertz CT molecular complexity index is 956. The summed E-state index contributed by atoms with van der Waals surface area (Å²) in [4.78, 5) is 18.2. The molecule has 150 valence electrons. The average molecular weight is 406 g/mol. The zero-order valence-corrected chi connectivity index (χ0v) is 14.7. The number of hydrogen-bond donors (Lipinski definition) is 0. The van der Waals surface area contributed by atoms with Gasteiger partial charge in [-0.3, -0.25) is 14.7 Å². The monoisotopic (exact) mass is 406 g/mol. The minimum absolute atomic E-state index is 0.113. The molecule has 0 saturated carbocycles. The smallest absolute Gasteiger partial charge is 0.387 e. The molecule has 0 spiro atoms. The van der Waals surface area contributed by atoms with Gasteiger partial charge in [-0.05, 0) is 36.4 Å². The summed E-state index contributed by atoms with van der Waals surface area (Å²) in [6.45, 7) is -6.51. The molecule has 0 atom stereocenters. The van der Waals surface area contributed by atoms with Gasteiger partial charge < -0.3 is 9.47 Å². The SMILES string of the molecule is O=C(c1cccnc1)N(c1ccccc1)c1ccc(OC(F)F)c(OC(F)F)c1. The molecule has 0 aliphatic rings. The number of amides is 1. The van der Waals surface area contributed by atoms with Crippen molar-refractivity contribution in [3.63, 3.8) is 0 Å². The Morgan fingerprint density at radius 2 is 1.52 bits per heavy atom. The van der Waals surface area contributed by atoms with Crippen molar-refractivity contribution in [3.05, 3.63) is 78.6 Å². The van der Waals surface area contributed by atoms with E-state index in [-0.39, 0.29) is 11.3 Å². The number of aromatic nitrogens is 1. The first-order valence-electron chi connectivity index (χ1n) is 8.29. The first-order valence-corrected chi connectivity index (χ1v) is 8.29. The third-order valence-electron chi connectivity index (χ3n) is 3.74. The van der Waals surface area contributed by atoms with Crippen molar-refractivity contribution in [3.8, 4) is 11.5 Å². The van der Waals surface area contributed by atoms with E-state index in [2.05, 4.69) is 14.5 Å². The summed E-state index contributed by atoms with van der Waals surface area (Å²) in [5.74, 6) is -1.71. The molecule has 0 radical (unpaired) electrons. The number of pyridine rings is 1. The number of nitrogens with zero attached hydrogens (tertiary/aromatic N) is 2. The fraction of sp³-hybridized carbons (Fsp3) is 0.100. The molecule has 0 aliphatic heterocycles. The summed E-state index contributed by atoms with van der Waals surface area (Å²) in [5.41, 5.74) is 0.773. The summed E-state index contributed by atoms with van der Waals surface area (Å²) in [6, 6.07) is 14.8. The quantitative estimate of drug-likeness (QED) is 0.502. The lowest BCUT2D eigenvalue weighted by Gasteiger charge is -2.24. The largest absolute Gasteiger partial charge is 0.431 e. The van der Waals surface area contributed by atoms with E-state index in [1.807, 2.05) is 0 Å². The number of rotatable bonds is 7. The highest BCUT2D eigenvalue weighted by atomic mass is 19.3. The molecule has 9 heteroatoms. The van der Waals surface area contributed by atoms with Crippen LogP contribution < -0.4 is 14.4 Å². The van der Waals surface area contributed by atoms with Crippen molar-refractivity contribution < 1.29 is 31.8 Å². The fourth-order valence-corrected chi connectivity index (χ4v) is 2.60. The molecule has 0 bridgehead atoms. The van der Waals surface area contributed by atoms with Crippen LogP contribution in [-0.4, -0.2) is 24.1 Å². The van der Waals surface area contributed by atoms with Gasteiger partial charge in [0, 0.05) is 24.1 Å². The first-order chi connectivity index (χ1) is 14.0. The number of halogens is 4. The summed E-state index contributed by atoms with van der Waals surface area (Å²) in [7, 11) is 0. The van der Waals surface area contributed by atoms with Crippen LogP contribution in [0, 0.1) is 0 Å². The standard InChI is InChI=1S/C20H14F4N2O3/c21-19(22)28-16-9-8-15(11-17(16)29-20(23)24)26(14-6-2-1-3-7-14)18(27)13-5-4-10-25-12-13/h1-12,19-20H. The molecule has 0 unspecified atom stereocenters. The Balaban J connectivity index is 2.09. The van der Waals surface area contributed by atoms with E-state index < -0.39 is 30.6 Å². The maximum absolute atomic E-state index is 13.1. The van der Waals surface area contributed by atoms with Crippen molar-refractivity contribution in [1.82, 2.24) is 4.98 Å². The maximum Gasteiger partial charge on any atom is 0.387 e. The van der Waals surface area contributed by atoms with Gasteiger partial charge in [0.15, 0.2) is 11.5 Å². The Morgan fingerprint density at radius 3 is 2.14 bits per heavy atom. The molecule has 29 heavy (non-hydrogen) atoms. The van der Waals surface area contributed by atoms with Crippen LogP contribution in [0.25, 0.3) is 0 Å². The van der Waals surface area contributed by atoms with Gasteiger partial charge in [-0.15, -0.1) is 0 Å². The normalized spacial score (nSPS) is 10.8. The average Bonchev–Trinajstić information content (AvgIpc) is 2.71. The Labute approximate surface area is 163 Å². The molecule has 0 aliphatic carbocycles. The van der Waals surface area contributed by atoms with Crippen LogP contribution >= 0.6 is 0 Å². The molecule has 3 aromatic rings. The van der Waals surface area contributed by atoms with Gasteiger partial charge in [0.2, 0.25) is 0 Å². The van der Waals surface area contributed by atoms with Crippen LogP contribution in [0.1, 0.15) is 10.4 Å². The van der Waals surface area contributed by atoms with Gasteiger partial charge in [-0.2, -0.15) is 17.6 Å². The van der Waals surface area contributed by atoms with Crippen molar-refractivity contribution in [2.75, 3.05) is 4.90 Å². The molecule has 0 saturated heterocycles. The summed E-state index contributed by atoms with van der Waals surface area (Å²) < 4.78 is 59.2. The zero-order valence-electron chi connectivity index (χ0n) is 14.7. The Morgan fingerprint density at radius 1 is 0.828 bits per heavy atom. The number of hydrogen-bond acceptors (Lipinski definition) is 4. The van der Waals surface area contributed by atoms with Gasteiger partial charge in [-0.1, -0.05) is 18.2 Å². The lowest BCUT2D eigenvalue weighted by molar-refractivity contribution is -0.0691. The number of carbonyl (C=O) groups is 1. The molecule has 3 rings (SSSR count). The van der Waals surface area contributed by atoms with Crippen LogP contribution in [0.4, 0.5) is 28.9 Å². The first kappa shape index (κ1) is 20.1. The summed E-state index contributed by atoms with van der Waals surface area (Å²) in [6.07, 6.45) is 2.85. The van der Waals surface area contributed by atoms with Crippen LogP contribution in [0.5, 0.6) is 11.5 Å². The number of carbonyl (C=O) groups excluding carboxylic acids is 1. The highest BCUT2D eigenvalue weighted by Gasteiger charge is 2.23. The number of para-hydroxylation sites is 1. The third-order valence-corrected chi connectivity index (χ3v) is 3.74. The van der Waals surface area contributed by atoms with Crippen LogP contribution in [0.2, 0.25) is 0 Å². The second-order valence-corrected chi connectivity index (χ2v) is 5.61. The molecule has 2 aromatic carbocycles. The van der Waals surface area contributed by atoms with E-state index in [0.717, 1.165) is 12.1 Å². The second kappa shape index (κ2) is 9.05. The van der Waals surface area contributed by atoms with Gasteiger partial charge in [0.05, 0.1) is 11.3 Å². The second-order valence-electron chi connectivity index (χ2n) is 5.61. The zero-order chi connectivity index (χ0) is 20.8. The van der Waals surface area contributed by atoms with E-state index >= 15 is 0 Å². The van der Waals surface area contributed by atoms with E-state index in [0.29, 0.717) is 5.69 Å². The molecule has 0 N–H and O–H groups in total. The van der Waals surface area contributed by atoms with Crippen molar-refractivity contribution in [2.24, 2.45) is 0 Å². The summed E-state index contributed by atoms with van der Waals surface area (Å²) in [5, 5.41) is 0. The highest BCUT2D eigenvalue weighted by Crippen LogP contribution is 2.37. The highest BCUT2D eigenvalue weighted by molar-refractivity contribution is 6.10. The predicted molar refractivity (Wildman–Crippen MR) is 96.9 cm³/mol. The maximum atomic E-state index is 13.1. The van der Waals surface area contributed by atoms with Gasteiger partial charge in [0.25, 0.3) is 5.91 Å². The van der Waals surface area contributed by atoms with Crippen LogP contribution in [0.3, 0.4) is 0 Å². The van der Waals surface area contributed by atoms with Crippen LogP contribution in [-0.2, 0) is 0 Å². The lowest BCUT2D eigenvalue weighted by Crippen LogP contribution is -2.26. The Kier molecular flexibility index (Phi) is 6.28. The molecule has 5 nitrogen and oxygen atoms in total. The van der Waals surface area contributed by atoms with E-state index in [4.69, 9.17) is 0 Å². The van der Waals surface area contributed by atoms with Crippen LogP contribution in [0.15, 0.2) is 73.1 Å². The van der Waals surface area contributed by atoms with E-state index in [1.54, 1.807) is 36.4 Å². The Hall–Kier alpha value is -3.62. The minimum atomic E-state index is -3.27. The molecular formula is C20H14F4N2O3. The third kappa shape index (κ3) is 5.01. The van der Waals surface area contributed by atoms with Crippen molar-refractivity contribution >= 4 is 17.3 Å². The number of anilines is 2. The number of alkyl halides is 4. The molecular weight excluding hydrogens is 392 g/mol. The van der Waals surface area contributed by atoms with E-state index in [9.17, 15) is 22.4 Å². The predicted octanol–water partition coefficient (Wildman–Crippen LogP) is 5.26. The number of benzene rings is 2. The summed E-state index contributed by atoms with van der Waals surface area (Å²) >= 11 is 0. The van der Waals surface area contributed by atoms with Crippen molar-refractivity contribution in [1.29, 1.82) is 0 Å². The molecule has 1 aromatic heterocycles. The fourth-order valence-electron chi connectivity index (χ4n) is 2.60. The minimum Gasteiger partial charge on any atom is -0.431 e. The van der Waals surface area contributed by atoms with Gasteiger partial charge in [-0.25, -0.2) is 0 Å². The van der Waals surface area contributed by atoms with Crippen molar-refractivity contribution in [2.45, 2.75) is 13.2 Å². The van der Waals surface area contributed by atoms with Gasteiger partial charge in [0.1, 0.15) is 0 Å². The molecule has 1 heterocycles. The lowest BCUT2D eigenvalue weighted by atomic mass is 10.1. The van der Waals surface area contributed by atoms with E-state index in [1.165, 1.54) is 29.4 Å². The topological polar surface area (TPSA) is 51.7 Å². The van der Waals surface area contributed by atoms with Gasteiger partial charge >= 0.3 is 13.2 Å². The number of ether oxygens (including phenoxy) is 2. The molecule has 1 amide bonds. The molecule has 0 fully saturated rings.